The molecular formula is C14H21BrN2O4. The zero-order valence-corrected chi connectivity index (χ0v) is 14.0. The lowest BCUT2D eigenvalue weighted by Crippen LogP contribution is -2.47. The maximum atomic E-state index is 13.1. The summed E-state index contributed by atoms with van der Waals surface area (Å²) < 4.78 is 18.7. The van der Waals surface area contributed by atoms with Crippen molar-refractivity contribution < 1.29 is 19.0 Å². The van der Waals surface area contributed by atoms with Gasteiger partial charge in [0.2, 0.25) is 5.78 Å². The van der Waals surface area contributed by atoms with Gasteiger partial charge in [-0.3, -0.25) is 9.48 Å². The number of halogens is 1. The van der Waals surface area contributed by atoms with E-state index < -0.39 is 5.60 Å². The van der Waals surface area contributed by atoms with E-state index in [4.69, 9.17) is 14.2 Å². The molecule has 0 aromatic carbocycles. The van der Waals surface area contributed by atoms with Crippen LogP contribution in [-0.4, -0.2) is 54.7 Å². The summed E-state index contributed by atoms with van der Waals surface area (Å²) in [6.07, 6.45) is 2.78. The third-order valence-electron chi connectivity index (χ3n) is 3.65. The average Bonchev–Trinajstić information content (AvgIpc) is 2.86. The van der Waals surface area contributed by atoms with Crippen LogP contribution in [0, 0.1) is 0 Å². The summed E-state index contributed by atoms with van der Waals surface area (Å²) in [4.78, 5) is 13.1. The Hall–Kier alpha value is -0.760. The minimum absolute atomic E-state index is 0.0341. The molecule has 1 aromatic heterocycles. The first-order valence-corrected chi connectivity index (χ1v) is 7.90. The molecular weight excluding hydrogens is 340 g/mol. The highest BCUT2D eigenvalue weighted by atomic mass is 79.9. The van der Waals surface area contributed by atoms with Crippen LogP contribution in [0.4, 0.5) is 0 Å². The number of nitrogens with zero attached hydrogens (tertiary/aromatic N) is 2. The molecule has 2 heterocycles. The Morgan fingerprint density at radius 1 is 1.52 bits per heavy atom. The number of carbonyl (C=O) groups excluding carboxylic acids is 1. The van der Waals surface area contributed by atoms with Gasteiger partial charge in [-0.25, -0.2) is 0 Å². The summed E-state index contributed by atoms with van der Waals surface area (Å²) in [5.41, 5.74) is -0.261. The first-order valence-electron chi connectivity index (χ1n) is 7.11. The molecule has 0 atom stereocenters. The molecule has 21 heavy (non-hydrogen) atoms. The Labute approximate surface area is 132 Å². The fourth-order valence-electron chi connectivity index (χ4n) is 2.57. The molecule has 1 aliphatic heterocycles. The standard InChI is InChI=1S/C14H21BrN2O4/c1-3-21-14(4-7-20-8-5-14)13(18)12-11(15)10-16-17(12)6-9-19-2/h10H,3-9H2,1-2H3. The molecule has 1 aromatic rings. The third-order valence-corrected chi connectivity index (χ3v) is 4.23. The van der Waals surface area contributed by atoms with E-state index in [9.17, 15) is 4.79 Å². The molecule has 0 unspecified atom stereocenters. The molecule has 1 saturated heterocycles. The van der Waals surface area contributed by atoms with Crippen LogP contribution in [0.3, 0.4) is 0 Å². The Balaban J connectivity index is 2.30. The number of carbonyl (C=O) groups is 1. The molecule has 0 N–H and O–H groups in total. The predicted octanol–water partition coefficient (Wildman–Crippen LogP) is 2.06. The minimum atomic E-state index is -0.805. The zero-order valence-electron chi connectivity index (χ0n) is 12.4. The van der Waals surface area contributed by atoms with Crippen LogP contribution in [0.5, 0.6) is 0 Å². The number of hydrogen-bond acceptors (Lipinski definition) is 5. The fourth-order valence-corrected chi connectivity index (χ4v) is 3.04. The Morgan fingerprint density at radius 3 is 2.86 bits per heavy atom. The highest BCUT2D eigenvalue weighted by Gasteiger charge is 2.43. The van der Waals surface area contributed by atoms with Crippen LogP contribution in [0.15, 0.2) is 10.7 Å². The quantitative estimate of drug-likeness (QED) is 0.696. The second-order valence-corrected chi connectivity index (χ2v) is 5.78. The average molecular weight is 361 g/mol. The van der Waals surface area contributed by atoms with Crippen molar-refractivity contribution in [2.75, 3.05) is 33.5 Å². The highest BCUT2D eigenvalue weighted by molar-refractivity contribution is 9.10. The van der Waals surface area contributed by atoms with E-state index in [-0.39, 0.29) is 5.78 Å². The topological polar surface area (TPSA) is 62.6 Å². The SMILES string of the molecule is CCOC1(C(=O)c2c(Br)cnn2CCOC)CCOCC1. The Bertz CT molecular complexity index is 478. The third kappa shape index (κ3) is 3.53. The number of hydrogen-bond donors (Lipinski definition) is 0. The van der Waals surface area contributed by atoms with Crippen LogP contribution >= 0.6 is 15.9 Å². The van der Waals surface area contributed by atoms with Crippen molar-refractivity contribution in [3.8, 4) is 0 Å². The van der Waals surface area contributed by atoms with E-state index >= 15 is 0 Å². The van der Waals surface area contributed by atoms with Gasteiger partial charge in [0.05, 0.1) is 23.8 Å². The van der Waals surface area contributed by atoms with Crippen molar-refractivity contribution in [1.29, 1.82) is 0 Å². The zero-order chi connectivity index (χ0) is 15.3. The normalized spacial score (nSPS) is 17.9. The molecule has 1 aliphatic rings. The van der Waals surface area contributed by atoms with Crippen LogP contribution < -0.4 is 0 Å². The van der Waals surface area contributed by atoms with Crippen molar-refractivity contribution in [3.05, 3.63) is 16.4 Å². The second-order valence-electron chi connectivity index (χ2n) is 4.93. The molecule has 118 valence electrons. The van der Waals surface area contributed by atoms with Crippen molar-refractivity contribution >= 4 is 21.7 Å². The van der Waals surface area contributed by atoms with Gasteiger partial charge in [-0.15, -0.1) is 0 Å². The summed E-state index contributed by atoms with van der Waals surface area (Å²) in [6.45, 7) is 4.50. The van der Waals surface area contributed by atoms with Gasteiger partial charge in [-0.2, -0.15) is 5.10 Å². The fraction of sp³-hybridized carbons (Fsp3) is 0.714. The Kier molecular flexibility index (Phi) is 5.92. The number of ether oxygens (including phenoxy) is 3. The van der Waals surface area contributed by atoms with Crippen molar-refractivity contribution in [2.45, 2.75) is 31.9 Å². The van der Waals surface area contributed by atoms with Crippen LogP contribution in [0.25, 0.3) is 0 Å². The van der Waals surface area contributed by atoms with Crippen molar-refractivity contribution in [1.82, 2.24) is 9.78 Å². The highest BCUT2D eigenvalue weighted by Crippen LogP contribution is 2.32. The molecule has 0 bridgehead atoms. The van der Waals surface area contributed by atoms with E-state index in [2.05, 4.69) is 21.0 Å². The van der Waals surface area contributed by atoms with E-state index in [0.717, 1.165) is 0 Å². The Morgan fingerprint density at radius 2 is 2.24 bits per heavy atom. The maximum Gasteiger partial charge on any atom is 0.213 e. The van der Waals surface area contributed by atoms with Crippen LogP contribution in [0.2, 0.25) is 0 Å². The minimum Gasteiger partial charge on any atom is -0.383 e. The first kappa shape index (κ1) is 16.6. The lowest BCUT2D eigenvalue weighted by Gasteiger charge is -2.35. The largest absolute Gasteiger partial charge is 0.383 e. The second kappa shape index (κ2) is 7.49. The summed E-state index contributed by atoms with van der Waals surface area (Å²) in [5.74, 6) is -0.0341. The summed E-state index contributed by atoms with van der Waals surface area (Å²) in [5, 5.41) is 4.24. The predicted molar refractivity (Wildman–Crippen MR) is 80.5 cm³/mol. The lowest BCUT2D eigenvalue weighted by atomic mass is 9.87. The van der Waals surface area contributed by atoms with Gasteiger partial charge < -0.3 is 14.2 Å². The molecule has 2 rings (SSSR count). The van der Waals surface area contributed by atoms with Crippen LogP contribution in [0.1, 0.15) is 30.3 Å². The number of aromatic nitrogens is 2. The smallest absolute Gasteiger partial charge is 0.213 e. The molecule has 0 aliphatic carbocycles. The molecule has 6 nitrogen and oxygen atoms in total. The number of ketones is 1. The van der Waals surface area contributed by atoms with E-state index in [1.165, 1.54) is 0 Å². The van der Waals surface area contributed by atoms with Gasteiger partial charge in [0, 0.05) is 39.8 Å². The number of rotatable bonds is 7. The number of methoxy groups -OCH3 is 1. The molecule has 0 amide bonds. The molecule has 0 radical (unpaired) electrons. The molecule has 0 saturated carbocycles. The lowest BCUT2D eigenvalue weighted by molar-refractivity contribution is -0.0826. The molecule has 7 heteroatoms. The molecule has 1 fully saturated rings. The van der Waals surface area contributed by atoms with E-state index in [0.29, 0.717) is 56.0 Å². The van der Waals surface area contributed by atoms with E-state index in [1.807, 2.05) is 6.92 Å². The summed E-state index contributed by atoms with van der Waals surface area (Å²) in [7, 11) is 1.63. The van der Waals surface area contributed by atoms with Gasteiger partial charge >= 0.3 is 0 Å². The summed E-state index contributed by atoms with van der Waals surface area (Å²) >= 11 is 3.42. The van der Waals surface area contributed by atoms with Gasteiger partial charge in [0.25, 0.3) is 0 Å². The van der Waals surface area contributed by atoms with Crippen molar-refractivity contribution in [3.63, 3.8) is 0 Å². The maximum absolute atomic E-state index is 13.1. The number of Topliss-reactive ketones (excluding diaryl/α,β-unsaturated/α-hetero) is 1. The van der Waals surface area contributed by atoms with Gasteiger partial charge in [-0.1, -0.05) is 0 Å². The van der Waals surface area contributed by atoms with Crippen molar-refractivity contribution in [2.24, 2.45) is 0 Å². The van der Waals surface area contributed by atoms with Gasteiger partial charge in [0.15, 0.2) is 0 Å². The first-order chi connectivity index (χ1) is 10.1. The van der Waals surface area contributed by atoms with E-state index in [1.54, 1.807) is 18.0 Å². The van der Waals surface area contributed by atoms with Crippen LogP contribution in [-0.2, 0) is 20.8 Å². The van der Waals surface area contributed by atoms with Gasteiger partial charge in [0.1, 0.15) is 11.3 Å². The summed E-state index contributed by atoms with van der Waals surface area (Å²) in [6, 6.07) is 0. The van der Waals surface area contributed by atoms with Gasteiger partial charge in [-0.05, 0) is 22.9 Å². The monoisotopic (exact) mass is 360 g/mol. The molecule has 0 spiro atoms.